The fourth-order valence-corrected chi connectivity index (χ4v) is 2.23. The highest BCUT2D eigenvalue weighted by molar-refractivity contribution is 5.72. The van der Waals surface area contributed by atoms with Crippen LogP contribution in [0.15, 0.2) is 6.20 Å². The number of hydrogen-bond acceptors (Lipinski definition) is 3. The van der Waals surface area contributed by atoms with Gasteiger partial charge in [0.1, 0.15) is 5.82 Å². The summed E-state index contributed by atoms with van der Waals surface area (Å²) in [7, 11) is 0. The fourth-order valence-electron chi connectivity index (χ4n) is 2.23. The lowest BCUT2D eigenvalue weighted by molar-refractivity contribution is -0.148. The average molecular weight is 282 g/mol. The van der Waals surface area contributed by atoms with Crippen LogP contribution < -0.4 is 0 Å². The van der Waals surface area contributed by atoms with Crippen LogP contribution in [0, 0.1) is 18.8 Å². The SMILES string of the molecule is CCc1ncc(C)[nH]1.O=C(O)C1CCC(C(=O)O)CC1. The first-order valence-corrected chi connectivity index (χ1v) is 6.90. The number of aryl methyl sites for hydroxylation is 2. The molecule has 1 fully saturated rings. The molecule has 0 spiro atoms. The number of hydrogen-bond donors (Lipinski definition) is 3. The minimum atomic E-state index is -0.793. The predicted molar refractivity (Wildman–Crippen MR) is 73.4 cm³/mol. The van der Waals surface area contributed by atoms with Gasteiger partial charge in [-0.3, -0.25) is 9.59 Å². The third-order valence-corrected chi connectivity index (χ3v) is 3.52. The fraction of sp³-hybridized carbons (Fsp3) is 0.643. The minimum Gasteiger partial charge on any atom is -0.481 e. The third kappa shape index (κ3) is 5.03. The van der Waals surface area contributed by atoms with Crippen molar-refractivity contribution in [3.63, 3.8) is 0 Å². The van der Waals surface area contributed by atoms with Crippen LogP contribution in [0.3, 0.4) is 0 Å². The first-order valence-electron chi connectivity index (χ1n) is 6.90. The molecule has 3 N–H and O–H groups in total. The molecule has 6 heteroatoms. The van der Waals surface area contributed by atoms with Crippen molar-refractivity contribution in [3.8, 4) is 0 Å². The van der Waals surface area contributed by atoms with Gasteiger partial charge in [-0.1, -0.05) is 6.92 Å². The maximum absolute atomic E-state index is 10.5. The first-order chi connectivity index (χ1) is 9.43. The highest BCUT2D eigenvalue weighted by atomic mass is 16.4. The van der Waals surface area contributed by atoms with Crippen molar-refractivity contribution < 1.29 is 19.8 Å². The summed E-state index contributed by atoms with van der Waals surface area (Å²) in [6.07, 6.45) is 4.86. The third-order valence-electron chi connectivity index (χ3n) is 3.52. The number of nitrogens with one attached hydrogen (secondary N) is 1. The zero-order chi connectivity index (χ0) is 15.1. The van der Waals surface area contributed by atoms with Gasteiger partial charge in [-0.05, 0) is 32.6 Å². The maximum Gasteiger partial charge on any atom is 0.306 e. The number of aliphatic carboxylic acids is 2. The number of carboxylic acids is 2. The molecule has 0 amide bonds. The smallest absolute Gasteiger partial charge is 0.306 e. The molecule has 1 heterocycles. The first kappa shape index (κ1) is 16.2. The van der Waals surface area contributed by atoms with Gasteiger partial charge in [-0.25, -0.2) is 4.98 Å². The summed E-state index contributed by atoms with van der Waals surface area (Å²) in [5, 5.41) is 17.2. The molecule has 20 heavy (non-hydrogen) atoms. The molecular weight excluding hydrogens is 260 g/mol. The van der Waals surface area contributed by atoms with Crippen molar-refractivity contribution in [2.45, 2.75) is 46.0 Å². The second-order valence-corrected chi connectivity index (χ2v) is 5.09. The Morgan fingerprint density at radius 3 is 1.85 bits per heavy atom. The molecule has 0 saturated heterocycles. The number of imidazole rings is 1. The molecule has 1 saturated carbocycles. The molecular formula is C14H22N2O4. The molecule has 0 unspecified atom stereocenters. The highest BCUT2D eigenvalue weighted by Gasteiger charge is 2.29. The van der Waals surface area contributed by atoms with Crippen molar-refractivity contribution in [2.24, 2.45) is 11.8 Å². The van der Waals surface area contributed by atoms with Gasteiger partial charge in [0.2, 0.25) is 0 Å². The number of nitrogens with zero attached hydrogens (tertiary/aromatic N) is 1. The molecule has 0 aliphatic heterocycles. The molecule has 2 rings (SSSR count). The van der Waals surface area contributed by atoms with Gasteiger partial charge in [-0.15, -0.1) is 0 Å². The molecule has 1 aromatic heterocycles. The van der Waals surface area contributed by atoms with E-state index in [2.05, 4.69) is 16.9 Å². The summed E-state index contributed by atoms with van der Waals surface area (Å²) in [5.74, 6) is -1.15. The second kappa shape index (κ2) is 7.67. The van der Waals surface area contributed by atoms with Crippen LogP contribution in [0.2, 0.25) is 0 Å². The lowest BCUT2D eigenvalue weighted by Crippen LogP contribution is -2.25. The molecule has 0 atom stereocenters. The minimum absolute atomic E-state index is 0.319. The van der Waals surface area contributed by atoms with E-state index in [0.717, 1.165) is 17.9 Å². The Morgan fingerprint density at radius 1 is 1.20 bits per heavy atom. The van der Waals surface area contributed by atoms with Crippen molar-refractivity contribution in [3.05, 3.63) is 17.7 Å². The van der Waals surface area contributed by atoms with E-state index in [9.17, 15) is 9.59 Å². The summed E-state index contributed by atoms with van der Waals surface area (Å²) in [5.41, 5.74) is 1.14. The number of aromatic amines is 1. The van der Waals surface area contributed by atoms with E-state index in [1.54, 1.807) is 0 Å². The Hall–Kier alpha value is -1.85. The zero-order valence-electron chi connectivity index (χ0n) is 11.9. The number of aromatic nitrogens is 2. The van der Waals surface area contributed by atoms with Gasteiger partial charge < -0.3 is 15.2 Å². The van der Waals surface area contributed by atoms with E-state index < -0.39 is 11.9 Å². The molecule has 0 bridgehead atoms. The normalized spacial score (nSPS) is 21.7. The highest BCUT2D eigenvalue weighted by Crippen LogP contribution is 2.28. The molecule has 112 valence electrons. The topological polar surface area (TPSA) is 103 Å². The van der Waals surface area contributed by atoms with Gasteiger partial charge in [-0.2, -0.15) is 0 Å². The van der Waals surface area contributed by atoms with Crippen molar-refractivity contribution in [1.29, 1.82) is 0 Å². The Kier molecular flexibility index (Phi) is 6.21. The van der Waals surface area contributed by atoms with Crippen molar-refractivity contribution in [1.82, 2.24) is 9.97 Å². The summed E-state index contributed by atoms with van der Waals surface area (Å²) < 4.78 is 0. The molecule has 0 radical (unpaired) electrons. The van der Waals surface area contributed by atoms with E-state index in [4.69, 9.17) is 10.2 Å². The predicted octanol–water partition coefficient (Wildman–Crippen LogP) is 2.24. The van der Waals surface area contributed by atoms with E-state index in [1.165, 1.54) is 0 Å². The number of carboxylic acid groups (broad SMARTS) is 2. The van der Waals surface area contributed by atoms with Gasteiger partial charge in [0.25, 0.3) is 0 Å². The Labute approximate surface area is 118 Å². The largest absolute Gasteiger partial charge is 0.481 e. The second-order valence-electron chi connectivity index (χ2n) is 5.09. The number of H-pyrrole nitrogens is 1. The number of rotatable bonds is 3. The van der Waals surface area contributed by atoms with Crippen LogP contribution >= 0.6 is 0 Å². The standard InChI is InChI=1S/C8H12O4.C6H10N2/c9-7(10)5-1-2-6(4-3-5)8(11)12;1-3-6-7-4-5(2)8-6/h5-6H,1-4H2,(H,9,10)(H,11,12);4H,3H2,1-2H3,(H,7,8). The van der Waals surface area contributed by atoms with Gasteiger partial charge >= 0.3 is 11.9 Å². The number of carbonyl (C=O) groups is 2. The Morgan fingerprint density at radius 2 is 1.65 bits per heavy atom. The van der Waals surface area contributed by atoms with E-state index in [0.29, 0.717) is 25.7 Å². The lowest BCUT2D eigenvalue weighted by Gasteiger charge is -2.22. The van der Waals surface area contributed by atoms with Gasteiger partial charge in [0, 0.05) is 18.3 Å². The van der Waals surface area contributed by atoms with Crippen molar-refractivity contribution in [2.75, 3.05) is 0 Å². The average Bonchev–Trinajstić information content (AvgIpc) is 2.85. The van der Waals surface area contributed by atoms with Crippen LogP contribution in [-0.2, 0) is 16.0 Å². The Balaban J connectivity index is 0.000000217. The van der Waals surface area contributed by atoms with Gasteiger partial charge in [0.15, 0.2) is 0 Å². The van der Waals surface area contributed by atoms with Crippen LogP contribution in [0.25, 0.3) is 0 Å². The summed E-state index contributed by atoms with van der Waals surface area (Å²) in [6, 6.07) is 0. The van der Waals surface area contributed by atoms with E-state index >= 15 is 0 Å². The molecule has 1 aliphatic rings. The van der Waals surface area contributed by atoms with E-state index in [1.807, 2.05) is 13.1 Å². The van der Waals surface area contributed by atoms with Crippen LogP contribution in [0.5, 0.6) is 0 Å². The van der Waals surface area contributed by atoms with Crippen LogP contribution in [0.1, 0.15) is 44.1 Å². The summed E-state index contributed by atoms with van der Waals surface area (Å²) >= 11 is 0. The van der Waals surface area contributed by atoms with Crippen molar-refractivity contribution >= 4 is 11.9 Å². The zero-order valence-corrected chi connectivity index (χ0v) is 11.9. The van der Waals surface area contributed by atoms with E-state index in [-0.39, 0.29) is 11.8 Å². The summed E-state index contributed by atoms with van der Waals surface area (Å²) in [4.78, 5) is 28.2. The maximum atomic E-state index is 10.5. The Bertz CT molecular complexity index is 426. The molecule has 1 aromatic rings. The summed E-state index contributed by atoms with van der Waals surface area (Å²) in [6.45, 7) is 4.09. The monoisotopic (exact) mass is 282 g/mol. The van der Waals surface area contributed by atoms with Gasteiger partial charge in [0.05, 0.1) is 11.8 Å². The molecule has 0 aromatic carbocycles. The quantitative estimate of drug-likeness (QED) is 0.788. The molecule has 1 aliphatic carbocycles. The molecule has 6 nitrogen and oxygen atoms in total. The van der Waals surface area contributed by atoms with Crippen LogP contribution in [-0.4, -0.2) is 32.1 Å². The lowest BCUT2D eigenvalue weighted by atomic mass is 9.82. The van der Waals surface area contributed by atoms with Crippen LogP contribution in [0.4, 0.5) is 0 Å².